The van der Waals surface area contributed by atoms with Crippen LogP contribution in [0.25, 0.3) is 0 Å². The second-order valence-electron chi connectivity index (χ2n) is 3.51. The van der Waals surface area contributed by atoms with Gasteiger partial charge in [-0.3, -0.25) is 4.79 Å². The third kappa shape index (κ3) is 2.42. The van der Waals surface area contributed by atoms with Crippen molar-refractivity contribution >= 4 is 6.29 Å². The highest BCUT2D eigenvalue weighted by atomic mass is 16.3. The van der Waals surface area contributed by atoms with Crippen LogP contribution in [0.1, 0.15) is 31.7 Å². The van der Waals surface area contributed by atoms with Gasteiger partial charge in [-0.1, -0.05) is 50.1 Å². The molecular weight excluding hydrogens is 176 g/mol. The Labute approximate surface area is 84.6 Å². The molecule has 0 aliphatic rings. The molecule has 0 bridgehead atoms. The topological polar surface area (TPSA) is 37.3 Å². The van der Waals surface area contributed by atoms with E-state index in [2.05, 4.69) is 0 Å². The Morgan fingerprint density at radius 3 is 2.50 bits per heavy atom. The first-order chi connectivity index (χ1) is 6.73. The van der Waals surface area contributed by atoms with Crippen molar-refractivity contribution in [3.63, 3.8) is 0 Å². The van der Waals surface area contributed by atoms with Gasteiger partial charge in [-0.05, 0) is 12.0 Å². The summed E-state index contributed by atoms with van der Waals surface area (Å²) in [5.41, 5.74) is -0.611. The Balaban J connectivity index is 2.84. The average Bonchev–Trinajstić information content (AvgIpc) is 2.27. The summed E-state index contributed by atoms with van der Waals surface area (Å²) in [4.78, 5) is 10.9. The highest BCUT2D eigenvalue weighted by Gasteiger charge is 2.27. The van der Waals surface area contributed by atoms with Crippen molar-refractivity contribution in [2.24, 2.45) is 0 Å². The molecule has 0 aliphatic heterocycles. The van der Waals surface area contributed by atoms with E-state index in [0.717, 1.165) is 12.8 Å². The van der Waals surface area contributed by atoms with Crippen molar-refractivity contribution in [1.82, 2.24) is 0 Å². The predicted molar refractivity (Wildman–Crippen MR) is 55.9 cm³/mol. The molecule has 0 saturated carbocycles. The number of aldehydes is 1. The predicted octanol–water partition coefficient (Wildman–Crippen LogP) is 2.26. The molecule has 0 heterocycles. The van der Waals surface area contributed by atoms with E-state index in [1.165, 1.54) is 0 Å². The Morgan fingerprint density at radius 2 is 2.00 bits per heavy atom. The highest BCUT2D eigenvalue weighted by Crippen LogP contribution is 2.24. The number of benzene rings is 1. The largest absolute Gasteiger partial charge is 0.378 e. The van der Waals surface area contributed by atoms with E-state index in [4.69, 9.17) is 0 Å². The van der Waals surface area contributed by atoms with Gasteiger partial charge in [-0.2, -0.15) is 0 Å². The Hall–Kier alpha value is -1.15. The first-order valence-electron chi connectivity index (χ1n) is 4.97. The van der Waals surface area contributed by atoms with Gasteiger partial charge in [-0.15, -0.1) is 0 Å². The summed E-state index contributed by atoms with van der Waals surface area (Å²) < 4.78 is 0. The van der Waals surface area contributed by atoms with Crippen molar-refractivity contribution in [2.45, 2.75) is 31.8 Å². The lowest BCUT2D eigenvalue weighted by Crippen LogP contribution is -2.27. The molecule has 0 fully saturated rings. The van der Waals surface area contributed by atoms with Crippen LogP contribution in [0.4, 0.5) is 0 Å². The zero-order valence-corrected chi connectivity index (χ0v) is 8.44. The number of carbonyl (C=O) groups is 1. The third-order valence-corrected chi connectivity index (χ3v) is 2.38. The summed E-state index contributed by atoms with van der Waals surface area (Å²) in [5.74, 6) is 0. The van der Waals surface area contributed by atoms with Crippen molar-refractivity contribution in [1.29, 1.82) is 0 Å². The smallest absolute Gasteiger partial charge is 0.156 e. The first kappa shape index (κ1) is 10.9. The molecule has 0 unspecified atom stereocenters. The van der Waals surface area contributed by atoms with E-state index < -0.39 is 5.60 Å². The third-order valence-electron chi connectivity index (χ3n) is 2.38. The average molecular weight is 192 g/mol. The molecule has 2 nitrogen and oxygen atoms in total. The van der Waals surface area contributed by atoms with Crippen molar-refractivity contribution in [2.75, 3.05) is 0 Å². The van der Waals surface area contributed by atoms with Gasteiger partial charge in [-0.25, -0.2) is 0 Å². The molecule has 14 heavy (non-hydrogen) atoms. The maximum absolute atomic E-state index is 10.9. The molecule has 1 N–H and O–H groups in total. The van der Waals surface area contributed by atoms with Crippen LogP contribution >= 0.6 is 0 Å². The summed E-state index contributed by atoms with van der Waals surface area (Å²) in [6.45, 7) is 2.04. The van der Waals surface area contributed by atoms with Crippen molar-refractivity contribution in [3.8, 4) is 0 Å². The molecule has 0 aromatic heterocycles. The van der Waals surface area contributed by atoms with Gasteiger partial charge in [0.05, 0.1) is 0 Å². The molecular formula is C12H16O2. The molecule has 76 valence electrons. The fourth-order valence-electron chi connectivity index (χ4n) is 1.44. The minimum atomic E-state index is -1.29. The second-order valence-corrected chi connectivity index (χ2v) is 3.51. The number of hydrogen-bond acceptors (Lipinski definition) is 2. The number of carbonyl (C=O) groups excluding carboxylic acids is 1. The molecule has 0 saturated heterocycles. The Kier molecular flexibility index (Phi) is 3.84. The zero-order chi connectivity index (χ0) is 10.4. The van der Waals surface area contributed by atoms with Gasteiger partial charge in [0.2, 0.25) is 0 Å². The van der Waals surface area contributed by atoms with Gasteiger partial charge in [0.15, 0.2) is 6.29 Å². The lowest BCUT2D eigenvalue weighted by atomic mass is 9.90. The number of rotatable bonds is 5. The first-order valence-corrected chi connectivity index (χ1v) is 4.97. The maximum atomic E-state index is 10.9. The second kappa shape index (κ2) is 4.91. The normalized spacial score (nSPS) is 14.7. The van der Waals surface area contributed by atoms with E-state index in [1.54, 1.807) is 12.1 Å². The maximum Gasteiger partial charge on any atom is 0.156 e. The standard InChI is InChI=1S/C12H16O2/c1-2-3-9-12(14,10-13)11-7-5-4-6-8-11/h4-8,10,14H,2-3,9H2,1H3/t12-/m1/s1. The van der Waals surface area contributed by atoms with E-state index in [9.17, 15) is 9.90 Å². The fraction of sp³-hybridized carbons (Fsp3) is 0.417. The molecule has 2 heteroatoms. The molecule has 1 atom stereocenters. The van der Waals surface area contributed by atoms with Crippen molar-refractivity contribution < 1.29 is 9.90 Å². The Morgan fingerprint density at radius 1 is 1.36 bits per heavy atom. The van der Waals surface area contributed by atoms with E-state index >= 15 is 0 Å². The summed E-state index contributed by atoms with van der Waals surface area (Å²) in [5, 5.41) is 10.1. The van der Waals surface area contributed by atoms with Crippen LogP contribution in [-0.2, 0) is 10.4 Å². The fourth-order valence-corrected chi connectivity index (χ4v) is 1.44. The van der Waals surface area contributed by atoms with Gasteiger partial charge in [0.25, 0.3) is 0 Å². The van der Waals surface area contributed by atoms with Gasteiger partial charge in [0, 0.05) is 0 Å². The number of unbranched alkanes of at least 4 members (excludes halogenated alkanes) is 1. The summed E-state index contributed by atoms with van der Waals surface area (Å²) in [6.07, 6.45) is 2.96. The van der Waals surface area contributed by atoms with Crippen LogP contribution in [0.15, 0.2) is 30.3 Å². The Bertz CT molecular complexity index is 282. The van der Waals surface area contributed by atoms with Gasteiger partial charge >= 0.3 is 0 Å². The van der Waals surface area contributed by atoms with Crippen molar-refractivity contribution in [3.05, 3.63) is 35.9 Å². The quantitative estimate of drug-likeness (QED) is 0.726. The van der Waals surface area contributed by atoms with Gasteiger partial charge < -0.3 is 5.11 Å². The number of hydrogen-bond donors (Lipinski definition) is 1. The van der Waals surface area contributed by atoms with E-state index in [0.29, 0.717) is 18.3 Å². The van der Waals surface area contributed by atoms with E-state index in [1.807, 2.05) is 25.1 Å². The molecule has 0 amide bonds. The summed E-state index contributed by atoms with van der Waals surface area (Å²) >= 11 is 0. The monoisotopic (exact) mass is 192 g/mol. The lowest BCUT2D eigenvalue weighted by molar-refractivity contribution is -0.125. The molecule has 0 spiro atoms. The minimum absolute atomic E-state index is 0.497. The zero-order valence-electron chi connectivity index (χ0n) is 8.44. The van der Waals surface area contributed by atoms with Crippen LogP contribution in [0.3, 0.4) is 0 Å². The van der Waals surface area contributed by atoms with Crippen LogP contribution in [0.5, 0.6) is 0 Å². The SMILES string of the molecule is CCCC[C@@](O)(C=O)c1ccccc1. The van der Waals surface area contributed by atoms with E-state index in [-0.39, 0.29) is 0 Å². The van der Waals surface area contributed by atoms with Crippen LogP contribution in [0, 0.1) is 0 Å². The molecule has 1 aromatic rings. The van der Waals surface area contributed by atoms with Gasteiger partial charge in [0.1, 0.15) is 5.60 Å². The van der Waals surface area contributed by atoms with Crippen LogP contribution in [-0.4, -0.2) is 11.4 Å². The molecule has 0 aliphatic carbocycles. The minimum Gasteiger partial charge on any atom is -0.378 e. The van der Waals surface area contributed by atoms with Crippen LogP contribution in [0.2, 0.25) is 0 Å². The molecule has 0 radical (unpaired) electrons. The van der Waals surface area contributed by atoms with Crippen LogP contribution < -0.4 is 0 Å². The summed E-state index contributed by atoms with van der Waals surface area (Å²) in [6, 6.07) is 9.09. The highest BCUT2D eigenvalue weighted by molar-refractivity contribution is 5.65. The summed E-state index contributed by atoms with van der Waals surface area (Å²) in [7, 11) is 0. The number of aliphatic hydroxyl groups is 1. The lowest BCUT2D eigenvalue weighted by Gasteiger charge is -2.21. The molecule has 1 aromatic carbocycles. The molecule has 1 rings (SSSR count).